The van der Waals surface area contributed by atoms with Gasteiger partial charge in [0.2, 0.25) is 0 Å². The average molecular weight is 275 g/mol. The molecule has 0 amide bonds. The van der Waals surface area contributed by atoms with Gasteiger partial charge in [0.25, 0.3) is 0 Å². The first-order valence-electron chi connectivity index (χ1n) is 7.63. The van der Waals surface area contributed by atoms with E-state index in [0.29, 0.717) is 38.3 Å². The summed E-state index contributed by atoms with van der Waals surface area (Å²) < 4.78 is 10.7. The molecule has 0 fully saturated rings. The van der Waals surface area contributed by atoms with Crippen molar-refractivity contribution in [3.05, 3.63) is 0 Å². The minimum absolute atomic E-state index is 0.374. The van der Waals surface area contributed by atoms with E-state index in [1.54, 1.807) is 0 Å². The molecule has 0 spiro atoms. The number of ether oxygens (including phenoxy) is 2. The fourth-order valence-corrected chi connectivity index (χ4v) is 1.87. The third kappa shape index (κ3) is 14.1. The zero-order chi connectivity index (χ0) is 14.5. The maximum Gasteiger partial charge on any atom is 0.0897 e. The molecule has 116 valence electrons. The summed E-state index contributed by atoms with van der Waals surface area (Å²) in [6, 6.07) is 0.437. The van der Waals surface area contributed by atoms with Crippen molar-refractivity contribution in [1.82, 2.24) is 5.32 Å². The monoisotopic (exact) mass is 275 g/mol. The lowest BCUT2D eigenvalue weighted by Crippen LogP contribution is -2.36. The Kier molecular flexibility index (Phi) is 12.7. The van der Waals surface area contributed by atoms with Crippen LogP contribution in [-0.4, -0.2) is 50.2 Å². The second kappa shape index (κ2) is 12.9. The second-order valence-electron chi connectivity index (χ2n) is 5.63. The molecular formula is C15H33NO3. The highest BCUT2D eigenvalue weighted by Crippen LogP contribution is 2.03. The van der Waals surface area contributed by atoms with Crippen LogP contribution >= 0.6 is 0 Å². The topological polar surface area (TPSA) is 50.7 Å². The summed E-state index contributed by atoms with van der Waals surface area (Å²) in [5, 5.41) is 13.1. The molecule has 2 N–H and O–H groups in total. The SMILES string of the molecule is CCCCOCCOCC(O)CNC(C)CC(C)C. The Bertz CT molecular complexity index is 188. The number of aliphatic hydroxyl groups is 1. The van der Waals surface area contributed by atoms with E-state index in [1.165, 1.54) is 0 Å². The molecule has 2 unspecified atom stereocenters. The fourth-order valence-electron chi connectivity index (χ4n) is 1.87. The first kappa shape index (κ1) is 18.8. The van der Waals surface area contributed by atoms with E-state index in [1.807, 2.05) is 0 Å². The van der Waals surface area contributed by atoms with Crippen LogP contribution in [0.25, 0.3) is 0 Å². The Hall–Kier alpha value is -0.160. The lowest BCUT2D eigenvalue weighted by atomic mass is 10.1. The van der Waals surface area contributed by atoms with Crippen LogP contribution in [-0.2, 0) is 9.47 Å². The average Bonchev–Trinajstić information content (AvgIpc) is 2.34. The normalized spacial score (nSPS) is 14.8. The number of unbranched alkanes of at least 4 members (excludes halogenated alkanes) is 1. The molecule has 19 heavy (non-hydrogen) atoms. The smallest absolute Gasteiger partial charge is 0.0897 e. The van der Waals surface area contributed by atoms with Gasteiger partial charge in [-0.2, -0.15) is 0 Å². The van der Waals surface area contributed by atoms with Crippen LogP contribution in [0, 0.1) is 5.92 Å². The minimum atomic E-state index is -0.440. The molecule has 0 aliphatic rings. The lowest BCUT2D eigenvalue weighted by molar-refractivity contribution is 0.00319. The Morgan fingerprint density at radius 1 is 1.05 bits per heavy atom. The van der Waals surface area contributed by atoms with Gasteiger partial charge in [-0.15, -0.1) is 0 Å². The van der Waals surface area contributed by atoms with Crippen LogP contribution < -0.4 is 5.32 Å². The predicted molar refractivity (Wildman–Crippen MR) is 79.5 cm³/mol. The molecule has 0 heterocycles. The molecule has 0 rings (SSSR count). The molecule has 4 nitrogen and oxygen atoms in total. The van der Waals surface area contributed by atoms with Crippen LogP contribution in [0.4, 0.5) is 0 Å². The molecule has 0 radical (unpaired) electrons. The van der Waals surface area contributed by atoms with E-state index in [-0.39, 0.29) is 0 Å². The molecule has 4 heteroatoms. The third-order valence-corrected chi connectivity index (χ3v) is 2.85. The van der Waals surface area contributed by atoms with Crippen molar-refractivity contribution in [1.29, 1.82) is 0 Å². The first-order valence-corrected chi connectivity index (χ1v) is 7.63. The van der Waals surface area contributed by atoms with E-state index in [0.717, 1.165) is 25.9 Å². The Labute approximate surface area is 118 Å². The summed E-state index contributed by atoms with van der Waals surface area (Å²) in [4.78, 5) is 0. The minimum Gasteiger partial charge on any atom is -0.389 e. The summed E-state index contributed by atoms with van der Waals surface area (Å²) >= 11 is 0. The van der Waals surface area contributed by atoms with Gasteiger partial charge >= 0.3 is 0 Å². The van der Waals surface area contributed by atoms with Gasteiger partial charge in [-0.05, 0) is 25.7 Å². The van der Waals surface area contributed by atoms with Crippen molar-refractivity contribution in [3.8, 4) is 0 Å². The van der Waals surface area contributed by atoms with Crippen LogP contribution in [0.5, 0.6) is 0 Å². The zero-order valence-electron chi connectivity index (χ0n) is 13.2. The van der Waals surface area contributed by atoms with Gasteiger partial charge in [0.1, 0.15) is 0 Å². The van der Waals surface area contributed by atoms with Gasteiger partial charge < -0.3 is 19.9 Å². The summed E-state index contributed by atoms with van der Waals surface area (Å²) in [7, 11) is 0. The van der Waals surface area contributed by atoms with E-state index in [4.69, 9.17) is 9.47 Å². The standard InChI is InChI=1S/C15H33NO3/c1-5-6-7-18-8-9-19-12-15(17)11-16-14(4)10-13(2)3/h13-17H,5-12H2,1-4H3. The highest BCUT2D eigenvalue weighted by atomic mass is 16.5. The van der Waals surface area contributed by atoms with Crippen LogP contribution in [0.1, 0.15) is 47.0 Å². The van der Waals surface area contributed by atoms with Crippen molar-refractivity contribution >= 4 is 0 Å². The first-order chi connectivity index (χ1) is 9.06. The molecule has 0 aliphatic heterocycles. The van der Waals surface area contributed by atoms with Crippen molar-refractivity contribution in [2.75, 3.05) is 33.0 Å². The van der Waals surface area contributed by atoms with Gasteiger partial charge in [-0.1, -0.05) is 27.2 Å². The van der Waals surface area contributed by atoms with Gasteiger partial charge in [-0.3, -0.25) is 0 Å². The van der Waals surface area contributed by atoms with E-state index in [2.05, 4.69) is 33.0 Å². The number of hydrogen-bond acceptors (Lipinski definition) is 4. The van der Waals surface area contributed by atoms with E-state index in [9.17, 15) is 5.11 Å². The van der Waals surface area contributed by atoms with Crippen LogP contribution in [0.3, 0.4) is 0 Å². The molecule has 0 aromatic rings. The van der Waals surface area contributed by atoms with E-state index >= 15 is 0 Å². The van der Waals surface area contributed by atoms with Gasteiger partial charge in [-0.25, -0.2) is 0 Å². The number of nitrogens with one attached hydrogen (secondary N) is 1. The quantitative estimate of drug-likeness (QED) is 0.506. The highest BCUT2D eigenvalue weighted by Gasteiger charge is 2.08. The Balaban J connectivity index is 3.32. The van der Waals surface area contributed by atoms with E-state index < -0.39 is 6.10 Å². The summed E-state index contributed by atoms with van der Waals surface area (Å²) in [5.41, 5.74) is 0. The molecule has 0 aliphatic carbocycles. The molecule has 2 atom stereocenters. The van der Waals surface area contributed by atoms with Crippen LogP contribution in [0.2, 0.25) is 0 Å². The number of aliphatic hydroxyl groups excluding tert-OH is 1. The Morgan fingerprint density at radius 2 is 1.74 bits per heavy atom. The van der Waals surface area contributed by atoms with Gasteiger partial charge in [0.05, 0.1) is 25.9 Å². The number of rotatable bonds is 13. The largest absolute Gasteiger partial charge is 0.389 e. The fraction of sp³-hybridized carbons (Fsp3) is 1.00. The predicted octanol–water partition coefficient (Wildman–Crippen LogP) is 2.20. The third-order valence-electron chi connectivity index (χ3n) is 2.85. The molecule has 0 aromatic carbocycles. The summed E-state index contributed by atoms with van der Waals surface area (Å²) in [6.07, 6.45) is 2.93. The van der Waals surface area contributed by atoms with Crippen LogP contribution in [0.15, 0.2) is 0 Å². The molecular weight excluding hydrogens is 242 g/mol. The summed E-state index contributed by atoms with van der Waals surface area (Å²) in [6.45, 7) is 11.6. The number of hydrogen-bond donors (Lipinski definition) is 2. The van der Waals surface area contributed by atoms with Crippen molar-refractivity contribution in [2.45, 2.75) is 59.1 Å². The van der Waals surface area contributed by atoms with Gasteiger partial charge in [0.15, 0.2) is 0 Å². The van der Waals surface area contributed by atoms with Crippen molar-refractivity contribution in [2.24, 2.45) is 5.92 Å². The molecule has 0 saturated carbocycles. The maximum absolute atomic E-state index is 9.74. The highest BCUT2D eigenvalue weighted by molar-refractivity contribution is 4.66. The molecule has 0 aromatic heterocycles. The summed E-state index contributed by atoms with van der Waals surface area (Å²) in [5.74, 6) is 0.677. The van der Waals surface area contributed by atoms with Gasteiger partial charge in [0, 0.05) is 19.2 Å². The zero-order valence-corrected chi connectivity index (χ0v) is 13.2. The Morgan fingerprint density at radius 3 is 2.37 bits per heavy atom. The van der Waals surface area contributed by atoms with Crippen molar-refractivity contribution < 1.29 is 14.6 Å². The second-order valence-corrected chi connectivity index (χ2v) is 5.63. The molecule has 0 saturated heterocycles. The van der Waals surface area contributed by atoms with Crippen molar-refractivity contribution in [3.63, 3.8) is 0 Å². The maximum atomic E-state index is 9.74. The molecule has 0 bridgehead atoms. The lowest BCUT2D eigenvalue weighted by Gasteiger charge is -2.18.